The first-order chi connectivity index (χ1) is 9.51. The van der Waals surface area contributed by atoms with E-state index in [1.54, 1.807) is 36.4 Å². The third kappa shape index (κ3) is 3.70. The van der Waals surface area contributed by atoms with Crippen LogP contribution in [0, 0.1) is 0 Å². The Morgan fingerprint density at radius 1 is 1.15 bits per heavy atom. The van der Waals surface area contributed by atoms with Crippen molar-refractivity contribution in [2.75, 3.05) is 19.0 Å². The highest BCUT2D eigenvalue weighted by atomic mass is 79.9. The van der Waals surface area contributed by atoms with Crippen LogP contribution in [0.15, 0.2) is 53.0 Å². The summed E-state index contributed by atoms with van der Waals surface area (Å²) in [5, 5.41) is 2.74. The number of ether oxygens (including phenoxy) is 1. The highest BCUT2D eigenvalue weighted by Crippen LogP contribution is 2.30. The van der Waals surface area contributed by atoms with Gasteiger partial charge in [0.2, 0.25) is 0 Å². The summed E-state index contributed by atoms with van der Waals surface area (Å²) in [6, 6.07) is 12.9. The molecule has 0 heterocycles. The van der Waals surface area contributed by atoms with Gasteiger partial charge < -0.3 is 10.1 Å². The number of anilines is 1. The van der Waals surface area contributed by atoms with Gasteiger partial charge in [0, 0.05) is 21.8 Å². The van der Waals surface area contributed by atoms with E-state index >= 15 is 0 Å². The minimum Gasteiger partial charge on any atom is -0.497 e. The predicted octanol–water partition coefficient (Wildman–Crippen LogP) is 4.66. The lowest BCUT2D eigenvalue weighted by molar-refractivity contribution is 0.0106. The molecule has 0 aliphatic rings. The van der Waals surface area contributed by atoms with Crippen LogP contribution in [-0.4, -0.2) is 13.7 Å². The molecule has 1 N–H and O–H groups in total. The number of alkyl halides is 2. The van der Waals surface area contributed by atoms with Crippen molar-refractivity contribution in [1.82, 2.24) is 0 Å². The minimum atomic E-state index is -2.93. The Balaban J connectivity index is 2.10. The Labute approximate surface area is 124 Å². The van der Waals surface area contributed by atoms with Crippen molar-refractivity contribution in [3.05, 3.63) is 58.6 Å². The van der Waals surface area contributed by atoms with E-state index in [0.29, 0.717) is 11.4 Å². The van der Waals surface area contributed by atoms with Gasteiger partial charge in [-0.25, -0.2) is 0 Å². The fourth-order valence-electron chi connectivity index (χ4n) is 1.78. The van der Waals surface area contributed by atoms with Gasteiger partial charge in [-0.3, -0.25) is 0 Å². The monoisotopic (exact) mass is 341 g/mol. The van der Waals surface area contributed by atoms with Gasteiger partial charge >= 0.3 is 0 Å². The van der Waals surface area contributed by atoms with E-state index in [2.05, 4.69) is 21.2 Å². The van der Waals surface area contributed by atoms with Crippen molar-refractivity contribution >= 4 is 21.6 Å². The maximum Gasteiger partial charge on any atom is 0.290 e. The first kappa shape index (κ1) is 14.8. The van der Waals surface area contributed by atoms with E-state index in [0.717, 1.165) is 4.47 Å². The fourth-order valence-corrected chi connectivity index (χ4v) is 2.25. The summed E-state index contributed by atoms with van der Waals surface area (Å²) in [4.78, 5) is 0. The zero-order valence-corrected chi connectivity index (χ0v) is 12.5. The van der Waals surface area contributed by atoms with Crippen LogP contribution in [0.4, 0.5) is 14.5 Å². The average molecular weight is 342 g/mol. The maximum atomic E-state index is 14.0. The third-order valence-electron chi connectivity index (χ3n) is 2.82. The molecule has 0 unspecified atom stereocenters. The highest BCUT2D eigenvalue weighted by Gasteiger charge is 2.30. The van der Waals surface area contributed by atoms with E-state index in [1.807, 2.05) is 0 Å². The molecule has 106 valence electrons. The topological polar surface area (TPSA) is 21.3 Å². The standard InChI is InChI=1S/C15H14BrF2NO/c1-20-14-8-12(16)7-13(9-14)19-10-15(17,18)11-5-3-2-4-6-11/h2-9,19H,10H2,1H3. The molecule has 0 bridgehead atoms. The van der Waals surface area contributed by atoms with Crippen molar-refractivity contribution in [2.24, 2.45) is 0 Å². The van der Waals surface area contributed by atoms with E-state index in [-0.39, 0.29) is 5.56 Å². The molecule has 2 aromatic rings. The molecule has 0 aliphatic heterocycles. The van der Waals surface area contributed by atoms with Gasteiger partial charge in [0.25, 0.3) is 5.92 Å². The highest BCUT2D eigenvalue weighted by molar-refractivity contribution is 9.10. The maximum absolute atomic E-state index is 14.0. The van der Waals surface area contributed by atoms with Crippen LogP contribution in [0.25, 0.3) is 0 Å². The second-order valence-electron chi connectivity index (χ2n) is 4.30. The Morgan fingerprint density at radius 2 is 1.85 bits per heavy atom. The van der Waals surface area contributed by atoms with Crippen LogP contribution in [0.5, 0.6) is 5.75 Å². The Hall–Kier alpha value is -1.62. The van der Waals surface area contributed by atoms with Crippen molar-refractivity contribution in [3.63, 3.8) is 0 Å². The van der Waals surface area contributed by atoms with Crippen LogP contribution in [-0.2, 0) is 5.92 Å². The molecular weight excluding hydrogens is 328 g/mol. The molecule has 20 heavy (non-hydrogen) atoms. The lowest BCUT2D eigenvalue weighted by Gasteiger charge is -2.18. The molecule has 0 amide bonds. The SMILES string of the molecule is COc1cc(Br)cc(NCC(F)(F)c2ccccc2)c1. The Morgan fingerprint density at radius 3 is 2.50 bits per heavy atom. The van der Waals surface area contributed by atoms with E-state index < -0.39 is 12.5 Å². The zero-order chi connectivity index (χ0) is 14.6. The summed E-state index contributed by atoms with van der Waals surface area (Å²) >= 11 is 3.31. The fraction of sp³-hybridized carbons (Fsp3) is 0.200. The van der Waals surface area contributed by atoms with E-state index in [1.165, 1.54) is 19.2 Å². The first-order valence-electron chi connectivity index (χ1n) is 6.03. The molecule has 0 fully saturated rings. The van der Waals surface area contributed by atoms with Crippen molar-refractivity contribution < 1.29 is 13.5 Å². The molecule has 2 aromatic carbocycles. The van der Waals surface area contributed by atoms with Crippen LogP contribution in [0.2, 0.25) is 0 Å². The predicted molar refractivity (Wildman–Crippen MR) is 79.5 cm³/mol. The van der Waals surface area contributed by atoms with Gasteiger partial charge in [0.1, 0.15) is 5.75 Å². The van der Waals surface area contributed by atoms with Crippen LogP contribution in [0.3, 0.4) is 0 Å². The number of methoxy groups -OCH3 is 1. The largest absolute Gasteiger partial charge is 0.497 e. The smallest absolute Gasteiger partial charge is 0.290 e. The molecule has 2 rings (SSSR count). The quantitative estimate of drug-likeness (QED) is 0.853. The summed E-state index contributed by atoms with van der Waals surface area (Å²) in [5.74, 6) is -2.33. The minimum absolute atomic E-state index is 0.00513. The molecular formula is C15H14BrF2NO. The van der Waals surface area contributed by atoms with Gasteiger partial charge in [-0.2, -0.15) is 8.78 Å². The van der Waals surface area contributed by atoms with E-state index in [4.69, 9.17) is 4.74 Å². The molecule has 2 nitrogen and oxygen atoms in total. The molecule has 0 aromatic heterocycles. The molecule has 0 radical (unpaired) electrons. The zero-order valence-electron chi connectivity index (χ0n) is 10.9. The molecule has 0 saturated heterocycles. The summed E-state index contributed by atoms with van der Waals surface area (Å²) in [6.07, 6.45) is 0. The van der Waals surface area contributed by atoms with Gasteiger partial charge in [0.15, 0.2) is 0 Å². The Bertz CT molecular complexity index is 575. The molecule has 0 saturated carbocycles. The third-order valence-corrected chi connectivity index (χ3v) is 3.28. The lowest BCUT2D eigenvalue weighted by Crippen LogP contribution is -2.24. The van der Waals surface area contributed by atoms with Crippen molar-refractivity contribution in [2.45, 2.75) is 5.92 Å². The summed E-state index contributed by atoms with van der Waals surface area (Å²) in [6.45, 7) is -0.476. The molecule has 0 spiro atoms. The number of halogens is 3. The molecule has 0 atom stereocenters. The molecule has 0 aliphatic carbocycles. The number of nitrogens with one attached hydrogen (secondary N) is 1. The molecule has 5 heteroatoms. The van der Waals surface area contributed by atoms with Crippen molar-refractivity contribution in [1.29, 1.82) is 0 Å². The summed E-state index contributed by atoms with van der Waals surface area (Å²) in [7, 11) is 1.53. The second-order valence-corrected chi connectivity index (χ2v) is 5.22. The lowest BCUT2D eigenvalue weighted by atomic mass is 10.1. The first-order valence-corrected chi connectivity index (χ1v) is 6.82. The second kappa shape index (κ2) is 6.22. The number of benzene rings is 2. The van der Waals surface area contributed by atoms with Gasteiger partial charge in [0.05, 0.1) is 13.7 Å². The van der Waals surface area contributed by atoms with Crippen LogP contribution in [0.1, 0.15) is 5.56 Å². The number of rotatable bonds is 5. The average Bonchev–Trinajstić information content (AvgIpc) is 2.45. The number of hydrogen-bond acceptors (Lipinski definition) is 2. The van der Waals surface area contributed by atoms with Gasteiger partial charge in [-0.1, -0.05) is 46.3 Å². The van der Waals surface area contributed by atoms with Crippen LogP contribution >= 0.6 is 15.9 Å². The van der Waals surface area contributed by atoms with Gasteiger partial charge in [-0.15, -0.1) is 0 Å². The van der Waals surface area contributed by atoms with Gasteiger partial charge in [-0.05, 0) is 12.1 Å². The van der Waals surface area contributed by atoms with E-state index in [9.17, 15) is 8.78 Å². The van der Waals surface area contributed by atoms with Crippen molar-refractivity contribution in [3.8, 4) is 5.75 Å². The number of hydrogen-bond donors (Lipinski definition) is 1. The van der Waals surface area contributed by atoms with Crippen LogP contribution < -0.4 is 10.1 Å². The summed E-state index contributed by atoms with van der Waals surface area (Å²) in [5.41, 5.74) is 0.571. The Kier molecular flexibility index (Phi) is 4.60. The normalized spacial score (nSPS) is 11.2. The summed E-state index contributed by atoms with van der Waals surface area (Å²) < 4.78 is 33.9.